The third kappa shape index (κ3) is 4.40. The lowest BCUT2D eigenvalue weighted by atomic mass is 10.1. The van der Waals surface area contributed by atoms with E-state index in [9.17, 15) is 0 Å². The summed E-state index contributed by atoms with van der Waals surface area (Å²) in [6.45, 7) is 6.32. The quantitative estimate of drug-likeness (QED) is 0.571. The fourth-order valence-corrected chi connectivity index (χ4v) is 5.41. The van der Waals surface area contributed by atoms with E-state index in [1.807, 2.05) is 6.92 Å². The van der Waals surface area contributed by atoms with Crippen molar-refractivity contribution in [3.05, 3.63) is 35.4 Å². The molecule has 5 heteroatoms. The zero-order valence-corrected chi connectivity index (χ0v) is 14.8. The lowest BCUT2D eigenvalue weighted by Gasteiger charge is -2.35. The van der Waals surface area contributed by atoms with Crippen LogP contribution < -0.4 is 0 Å². The summed E-state index contributed by atoms with van der Waals surface area (Å²) in [6.07, 6.45) is 0.948. The molecule has 0 atom stereocenters. The first-order valence-corrected chi connectivity index (χ1v) is 10.3. The molecule has 1 saturated heterocycles. The number of aryl methyl sites for hydroxylation is 1. The summed E-state index contributed by atoms with van der Waals surface area (Å²) in [7, 11) is -2.44. The first-order chi connectivity index (χ1) is 9.67. The minimum Gasteiger partial charge on any atom is -0.374 e. The van der Waals surface area contributed by atoms with Crippen molar-refractivity contribution in [1.82, 2.24) is 0 Å². The van der Waals surface area contributed by atoms with Gasteiger partial charge in [-0.15, -0.1) is 0 Å². The van der Waals surface area contributed by atoms with Gasteiger partial charge in [0.05, 0.1) is 0 Å². The van der Waals surface area contributed by atoms with E-state index in [1.54, 1.807) is 0 Å². The minimum absolute atomic E-state index is 0.467. The Bertz CT molecular complexity index is 402. The molecule has 1 aliphatic heterocycles. The number of alkyl halides is 1. The first kappa shape index (κ1) is 16.2. The Morgan fingerprint density at radius 3 is 2.35 bits per heavy atom. The van der Waals surface area contributed by atoms with Crippen molar-refractivity contribution in [1.29, 1.82) is 0 Å². The van der Waals surface area contributed by atoms with Crippen molar-refractivity contribution >= 4 is 24.7 Å². The highest BCUT2D eigenvalue weighted by molar-refractivity contribution is 9.08. The fraction of sp³-hybridized carbons (Fsp3) is 0.600. The van der Waals surface area contributed by atoms with Crippen LogP contribution in [0, 0.1) is 5.92 Å². The summed E-state index contributed by atoms with van der Waals surface area (Å²) in [4.78, 5) is 0. The second kappa shape index (κ2) is 7.71. The summed E-state index contributed by atoms with van der Waals surface area (Å²) in [5.74, 6) is 0.467. The smallest absolute Gasteiger partial charge is 0.374 e. The monoisotopic (exact) mass is 358 g/mol. The molecule has 0 aliphatic carbocycles. The molecule has 0 spiro atoms. The van der Waals surface area contributed by atoms with Crippen molar-refractivity contribution in [3.8, 4) is 0 Å². The fourth-order valence-electron chi connectivity index (χ4n) is 2.24. The van der Waals surface area contributed by atoms with E-state index in [1.165, 1.54) is 11.1 Å². The van der Waals surface area contributed by atoms with Crippen LogP contribution in [0.3, 0.4) is 0 Å². The molecule has 0 amide bonds. The third-order valence-electron chi connectivity index (χ3n) is 3.44. The normalized spacial score (nSPS) is 26.6. The van der Waals surface area contributed by atoms with Crippen LogP contribution >= 0.6 is 15.9 Å². The highest BCUT2D eigenvalue weighted by Crippen LogP contribution is 2.25. The summed E-state index contributed by atoms with van der Waals surface area (Å²) in [5, 5.41) is 0.898. The Morgan fingerprint density at radius 1 is 1.20 bits per heavy atom. The molecule has 1 fully saturated rings. The van der Waals surface area contributed by atoms with E-state index in [-0.39, 0.29) is 0 Å². The van der Waals surface area contributed by atoms with Crippen molar-refractivity contribution < 1.29 is 13.3 Å². The van der Waals surface area contributed by atoms with Crippen molar-refractivity contribution in [2.24, 2.45) is 5.92 Å². The van der Waals surface area contributed by atoms with Gasteiger partial charge < -0.3 is 13.3 Å². The Balaban J connectivity index is 1.94. The first-order valence-electron chi connectivity index (χ1n) is 7.23. The molecule has 0 N–H and O–H groups in total. The lowest BCUT2D eigenvalue weighted by molar-refractivity contribution is -0.00242. The van der Waals surface area contributed by atoms with E-state index in [0.29, 0.717) is 12.5 Å². The zero-order valence-electron chi connectivity index (χ0n) is 12.2. The minimum atomic E-state index is -2.44. The van der Waals surface area contributed by atoms with Gasteiger partial charge in [0.2, 0.25) is 0 Å². The Kier molecular flexibility index (Phi) is 6.23. The molecule has 20 heavy (non-hydrogen) atoms. The average Bonchev–Trinajstić information content (AvgIpc) is 2.49. The van der Waals surface area contributed by atoms with Gasteiger partial charge in [-0.05, 0) is 24.5 Å². The molecule has 1 aliphatic rings. The van der Waals surface area contributed by atoms with Gasteiger partial charge in [-0.2, -0.15) is 0 Å². The number of hydrogen-bond acceptors (Lipinski definition) is 3. The number of benzene rings is 1. The van der Waals surface area contributed by atoms with Crippen molar-refractivity contribution in [3.63, 3.8) is 0 Å². The van der Waals surface area contributed by atoms with Gasteiger partial charge in [-0.3, -0.25) is 0 Å². The van der Waals surface area contributed by atoms with Gasteiger partial charge in [0.1, 0.15) is 0 Å². The van der Waals surface area contributed by atoms with Crippen LogP contribution in [0.2, 0.25) is 6.04 Å². The summed E-state index contributed by atoms with van der Waals surface area (Å²) >= 11 is 3.47. The lowest BCUT2D eigenvalue weighted by Crippen LogP contribution is -2.51. The van der Waals surface area contributed by atoms with Gasteiger partial charge in [-0.1, -0.05) is 47.1 Å². The van der Waals surface area contributed by atoms with E-state index < -0.39 is 8.80 Å². The van der Waals surface area contributed by atoms with E-state index >= 15 is 0 Å². The summed E-state index contributed by atoms with van der Waals surface area (Å²) in [5.41, 5.74) is 2.61. The number of hydrogen-bond donors (Lipinski definition) is 0. The maximum Gasteiger partial charge on any atom is 0.501 e. The summed E-state index contributed by atoms with van der Waals surface area (Å²) in [6, 6.07) is 9.53. The van der Waals surface area contributed by atoms with Crippen LogP contribution in [-0.4, -0.2) is 28.6 Å². The number of rotatable bonds is 6. The van der Waals surface area contributed by atoms with Crippen molar-refractivity contribution in [2.45, 2.75) is 31.6 Å². The molecule has 1 aromatic carbocycles. The molecule has 0 saturated carbocycles. The van der Waals surface area contributed by atoms with Gasteiger partial charge in [0.15, 0.2) is 0 Å². The molecule has 0 unspecified atom stereocenters. The molecule has 0 radical (unpaired) electrons. The Labute approximate surface area is 131 Å². The summed E-state index contributed by atoms with van der Waals surface area (Å²) < 4.78 is 17.8. The molecule has 0 bridgehead atoms. The maximum atomic E-state index is 5.97. The van der Waals surface area contributed by atoms with Crippen LogP contribution in [0.15, 0.2) is 24.3 Å². The maximum absolute atomic E-state index is 5.97. The second-order valence-electron chi connectivity index (χ2n) is 5.29. The topological polar surface area (TPSA) is 27.7 Å². The molecule has 112 valence electrons. The van der Waals surface area contributed by atoms with Gasteiger partial charge in [0.25, 0.3) is 0 Å². The molecular formula is C15H23BrO3Si. The van der Waals surface area contributed by atoms with Gasteiger partial charge >= 0.3 is 8.80 Å². The SMILES string of the molecule is CCO[Si]1(CCc2ccc(CBr)cc2)OCC(C)CO1. The average molecular weight is 359 g/mol. The molecule has 3 nitrogen and oxygen atoms in total. The predicted octanol–water partition coefficient (Wildman–Crippen LogP) is 3.78. The van der Waals surface area contributed by atoms with Crippen LogP contribution in [0.25, 0.3) is 0 Å². The number of halogens is 1. The van der Waals surface area contributed by atoms with Crippen LogP contribution in [-0.2, 0) is 25.0 Å². The molecule has 2 rings (SSSR count). The standard InChI is InChI=1S/C15H23BrO3Si/c1-3-17-20(18-11-13(2)12-19-20)9-8-14-4-6-15(10-16)7-5-14/h4-7,13H,3,8-12H2,1-2H3. The Morgan fingerprint density at radius 2 is 1.80 bits per heavy atom. The van der Waals surface area contributed by atoms with E-state index in [4.69, 9.17) is 13.3 Å². The van der Waals surface area contributed by atoms with Crippen LogP contribution in [0.1, 0.15) is 25.0 Å². The van der Waals surface area contributed by atoms with E-state index in [0.717, 1.165) is 31.0 Å². The third-order valence-corrected chi connectivity index (χ3v) is 6.89. The largest absolute Gasteiger partial charge is 0.501 e. The molecule has 1 aromatic rings. The van der Waals surface area contributed by atoms with Crippen LogP contribution in [0.5, 0.6) is 0 Å². The van der Waals surface area contributed by atoms with Crippen molar-refractivity contribution in [2.75, 3.05) is 19.8 Å². The molecule has 0 aromatic heterocycles. The second-order valence-corrected chi connectivity index (χ2v) is 8.59. The molecular weight excluding hydrogens is 336 g/mol. The van der Waals surface area contributed by atoms with Gasteiger partial charge in [0, 0.05) is 37.1 Å². The Hall–Kier alpha value is -0.203. The van der Waals surface area contributed by atoms with E-state index in [2.05, 4.69) is 47.1 Å². The van der Waals surface area contributed by atoms with Gasteiger partial charge in [-0.25, -0.2) is 0 Å². The highest BCUT2D eigenvalue weighted by atomic mass is 79.9. The predicted molar refractivity (Wildman–Crippen MR) is 86.0 cm³/mol. The van der Waals surface area contributed by atoms with Crippen LogP contribution in [0.4, 0.5) is 0 Å². The highest BCUT2D eigenvalue weighted by Gasteiger charge is 2.43. The molecule has 1 heterocycles. The zero-order chi connectivity index (χ0) is 14.4.